The molecule has 0 amide bonds. The van der Waals surface area contributed by atoms with Crippen LogP contribution in [0.5, 0.6) is 0 Å². The molecule has 1 atom stereocenters. The minimum atomic E-state index is -5.62. The van der Waals surface area contributed by atoms with Crippen molar-refractivity contribution < 1.29 is 31.3 Å². The third-order valence-corrected chi connectivity index (χ3v) is 4.61. The SMILES string of the molecule is CC(C)(C)CC(C)(C(=O)OCC(F)(F)S(=O)(=O)O)C(C)(C)C. The maximum absolute atomic E-state index is 13.2. The van der Waals surface area contributed by atoms with E-state index in [1.54, 1.807) is 27.7 Å². The van der Waals surface area contributed by atoms with Crippen LogP contribution in [-0.4, -0.2) is 30.8 Å². The van der Waals surface area contributed by atoms with Crippen molar-refractivity contribution in [1.29, 1.82) is 0 Å². The lowest BCUT2D eigenvalue weighted by atomic mass is 9.61. The van der Waals surface area contributed by atoms with E-state index in [9.17, 15) is 22.0 Å². The topological polar surface area (TPSA) is 80.7 Å². The normalized spacial score (nSPS) is 17.0. The Kier molecular flexibility index (Phi) is 5.82. The van der Waals surface area contributed by atoms with Crippen LogP contribution in [0.3, 0.4) is 0 Å². The Labute approximate surface area is 131 Å². The Hall–Kier alpha value is -0.760. The minimum absolute atomic E-state index is 0.271. The summed E-state index contributed by atoms with van der Waals surface area (Å²) in [6.07, 6.45) is 0.361. The van der Waals surface area contributed by atoms with E-state index < -0.39 is 38.8 Å². The number of carbonyl (C=O) groups is 1. The van der Waals surface area contributed by atoms with Crippen molar-refractivity contribution in [3.05, 3.63) is 0 Å². The van der Waals surface area contributed by atoms with Crippen molar-refractivity contribution in [1.82, 2.24) is 0 Å². The first-order valence-electron chi connectivity index (χ1n) is 6.86. The fraction of sp³-hybridized carbons (Fsp3) is 0.929. The van der Waals surface area contributed by atoms with Crippen molar-refractivity contribution in [2.45, 2.75) is 60.1 Å². The van der Waals surface area contributed by atoms with Crippen molar-refractivity contribution in [2.24, 2.45) is 16.2 Å². The van der Waals surface area contributed by atoms with Gasteiger partial charge < -0.3 is 4.74 Å². The predicted octanol–water partition coefficient (Wildman–Crippen LogP) is 3.50. The smallest absolute Gasteiger partial charge is 0.402 e. The molecule has 22 heavy (non-hydrogen) atoms. The molecule has 0 aromatic carbocycles. The molecular weight excluding hydrogens is 318 g/mol. The number of carbonyl (C=O) groups excluding carboxylic acids is 1. The first-order valence-corrected chi connectivity index (χ1v) is 8.30. The molecule has 0 saturated carbocycles. The summed E-state index contributed by atoms with van der Waals surface area (Å²) in [4.78, 5) is 12.3. The molecule has 1 N–H and O–H groups in total. The number of ether oxygens (including phenoxy) is 1. The summed E-state index contributed by atoms with van der Waals surface area (Å²) in [7, 11) is -5.62. The molecule has 1 unspecified atom stereocenters. The van der Waals surface area contributed by atoms with Gasteiger partial charge in [0, 0.05) is 0 Å². The second-order valence-corrected chi connectivity index (χ2v) is 9.56. The van der Waals surface area contributed by atoms with E-state index >= 15 is 0 Å². The quantitative estimate of drug-likeness (QED) is 0.610. The van der Waals surface area contributed by atoms with Gasteiger partial charge in [0.2, 0.25) is 0 Å². The first-order chi connectivity index (χ1) is 9.33. The first kappa shape index (κ1) is 21.2. The minimum Gasteiger partial charge on any atom is -0.458 e. The number of alkyl halides is 2. The van der Waals surface area contributed by atoms with Crippen LogP contribution < -0.4 is 0 Å². The molecule has 0 fully saturated rings. The molecule has 0 bridgehead atoms. The van der Waals surface area contributed by atoms with Crippen LogP contribution in [0.25, 0.3) is 0 Å². The van der Waals surface area contributed by atoms with Gasteiger partial charge in [0.05, 0.1) is 5.41 Å². The molecule has 0 saturated heterocycles. The van der Waals surface area contributed by atoms with Gasteiger partial charge in [-0.05, 0) is 24.2 Å². The van der Waals surface area contributed by atoms with Gasteiger partial charge in [0.15, 0.2) is 6.61 Å². The fourth-order valence-electron chi connectivity index (χ4n) is 2.09. The van der Waals surface area contributed by atoms with Crippen LogP contribution in [0, 0.1) is 16.2 Å². The Morgan fingerprint density at radius 3 is 1.73 bits per heavy atom. The molecule has 0 aromatic rings. The van der Waals surface area contributed by atoms with Gasteiger partial charge in [-0.1, -0.05) is 41.5 Å². The molecule has 0 radical (unpaired) electrons. The van der Waals surface area contributed by atoms with Crippen LogP contribution in [0.15, 0.2) is 0 Å². The van der Waals surface area contributed by atoms with Crippen molar-refractivity contribution >= 4 is 16.1 Å². The molecular formula is C14H26F2O5S. The summed E-state index contributed by atoms with van der Waals surface area (Å²) in [5.41, 5.74) is -1.96. The zero-order valence-corrected chi connectivity index (χ0v) is 15.0. The van der Waals surface area contributed by atoms with Gasteiger partial charge in [-0.25, -0.2) is 0 Å². The van der Waals surface area contributed by atoms with Crippen LogP contribution in [0.1, 0.15) is 54.9 Å². The summed E-state index contributed by atoms with van der Waals surface area (Å²) in [5.74, 6) is -0.918. The van der Waals surface area contributed by atoms with E-state index in [1.165, 1.54) is 0 Å². The van der Waals surface area contributed by atoms with E-state index in [-0.39, 0.29) is 5.41 Å². The summed E-state index contributed by atoms with van der Waals surface area (Å²) in [5, 5.41) is -4.52. The van der Waals surface area contributed by atoms with Gasteiger partial charge in [0.1, 0.15) is 0 Å². The predicted molar refractivity (Wildman–Crippen MR) is 79.1 cm³/mol. The lowest BCUT2D eigenvalue weighted by Gasteiger charge is -2.43. The zero-order valence-electron chi connectivity index (χ0n) is 14.2. The third kappa shape index (κ3) is 5.15. The molecule has 0 aliphatic heterocycles. The average molecular weight is 344 g/mol. The maximum atomic E-state index is 13.2. The molecule has 5 nitrogen and oxygen atoms in total. The Bertz CT molecular complexity index is 514. The lowest BCUT2D eigenvalue weighted by Crippen LogP contribution is -2.46. The summed E-state index contributed by atoms with van der Waals surface area (Å²) < 4.78 is 60.5. The number of esters is 1. The molecule has 132 valence electrons. The number of rotatable bonds is 5. The highest BCUT2D eigenvalue weighted by Crippen LogP contribution is 2.47. The molecule has 8 heteroatoms. The number of halogens is 2. The summed E-state index contributed by atoms with van der Waals surface area (Å²) in [6, 6.07) is 0. The van der Waals surface area contributed by atoms with Crippen LogP contribution >= 0.6 is 0 Å². The Morgan fingerprint density at radius 2 is 1.45 bits per heavy atom. The Balaban J connectivity index is 5.35. The second kappa shape index (κ2) is 6.03. The standard InChI is InChI=1S/C14H26F2O5S/c1-11(2,3)8-13(7,12(4,5)6)10(17)21-9-14(15,16)22(18,19)20/h8-9H2,1-7H3,(H,18,19,20). The van der Waals surface area contributed by atoms with E-state index in [2.05, 4.69) is 4.74 Å². The highest BCUT2D eigenvalue weighted by atomic mass is 32.2. The molecule has 0 aliphatic carbocycles. The van der Waals surface area contributed by atoms with Crippen LogP contribution in [0.4, 0.5) is 8.78 Å². The maximum Gasteiger partial charge on any atom is 0.402 e. The summed E-state index contributed by atoms with van der Waals surface area (Å²) >= 11 is 0. The van der Waals surface area contributed by atoms with Gasteiger partial charge >= 0.3 is 21.3 Å². The van der Waals surface area contributed by atoms with E-state index in [4.69, 9.17) is 4.55 Å². The highest BCUT2D eigenvalue weighted by molar-refractivity contribution is 7.86. The van der Waals surface area contributed by atoms with Crippen LogP contribution in [-0.2, 0) is 19.6 Å². The van der Waals surface area contributed by atoms with Gasteiger partial charge in [0.25, 0.3) is 0 Å². The van der Waals surface area contributed by atoms with Gasteiger partial charge in [-0.15, -0.1) is 0 Å². The zero-order chi connectivity index (χ0) is 18.2. The molecule has 0 aromatic heterocycles. The highest BCUT2D eigenvalue weighted by Gasteiger charge is 2.51. The number of hydrogen-bond donors (Lipinski definition) is 1. The van der Waals surface area contributed by atoms with Crippen molar-refractivity contribution in [3.63, 3.8) is 0 Å². The third-order valence-electron chi connectivity index (χ3n) is 3.74. The van der Waals surface area contributed by atoms with Crippen molar-refractivity contribution in [3.8, 4) is 0 Å². The largest absolute Gasteiger partial charge is 0.458 e. The molecule has 0 rings (SSSR count). The summed E-state index contributed by atoms with van der Waals surface area (Å²) in [6.45, 7) is 10.9. The van der Waals surface area contributed by atoms with Crippen LogP contribution in [0.2, 0.25) is 0 Å². The lowest BCUT2D eigenvalue weighted by molar-refractivity contribution is -0.170. The van der Waals surface area contributed by atoms with Gasteiger partial charge in [-0.2, -0.15) is 17.2 Å². The molecule has 0 aliphatic rings. The average Bonchev–Trinajstić information content (AvgIpc) is 2.20. The molecule has 0 heterocycles. The van der Waals surface area contributed by atoms with Crippen molar-refractivity contribution in [2.75, 3.05) is 6.61 Å². The monoisotopic (exact) mass is 344 g/mol. The second-order valence-electron chi connectivity index (χ2n) is 8.01. The molecule has 0 spiro atoms. The fourth-order valence-corrected chi connectivity index (χ4v) is 2.30. The number of hydrogen-bond acceptors (Lipinski definition) is 4. The van der Waals surface area contributed by atoms with E-state index in [0.717, 1.165) is 0 Å². The van der Waals surface area contributed by atoms with Gasteiger partial charge in [-0.3, -0.25) is 9.35 Å². The van der Waals surface area contributed by atoms with E-state index in [0.29, 0.717) is 6.42 Å². The van der Waals surface area contributed by atoms with E-state index in [1.807, 2.05) is 20.8 Å². The Morgan fingerprint density at radius 1 is 1.05 bits per heavy atom.